The Morgan fingerprint density at radius 2 is 1.52 bits per heavy atom. The third kappa shape index (κ3) is 5.93. The molecular weight excluding hydrogens is 440 g/mol. The molecule has 0 bridgehead atoms. The van der Waals surface area contributed by atoms with Gasteiger partial charge in [0.2, 0.25) is 5.91 Å². The number of aryl methyl sites for hydroxylation is 2. The SMILES string of the molecule is COc1ccc(/C=C/C(=O)Nc2ccc(S(=O)(=O)Nc3c(C)cccc3C)cc2)cc1OC. The molecule has 0 unspecified atom stereocenters. The molecule has 0 saturated carbocycles. The van der Waals surface area contributed by atoms with Gasteiger partial charge in [-0.2, -0.15) is 0 Å². The van der Waals surface area contributed by atoms with Crippen LogP contribution < -0.4 is 19.5 Å². The van der Waals surface area contributed by atoms with Crippen LogP contribution in [0.25, 0.3) is 6.08 Å². The number of amides is 1. The highest BCUT2D eigenvalue weighted by Gasteiger charge is 2.16. The molecule has 0 aliphatic carbocycles. The van der Waals surface area contributed by atoms with Crippen molar-refractivity contribution in [3.63, 3.8) is 0 Å². The number of ether oxygens (including phenoxy) is 2. The van der Waals surface area contributed by atoms with Crippen molar-refractivity contribution in [1.82, 2.24) is 0 Å². The summed E-state index contributed by atoms with van der Waals surface area (Å²) in [6, 6.07) is 16.9. The average molecular weight is 467 g/mol. The minimum absolute atomic E-state index is 0.101. The van der Waals surface area contributed by atoms with E-state index in [-0.39, 0.29) is 10.8 Å². The number of benzene rings is 3. The van der Waals surface area contributed by atoms with Gasteiger partial charge in [-0.15, -0.1) is 0 Å². The van der Waals surface area contributed by atoms with Gasteiger partial charge in [0, 0.05) is 11.8 Å². The van der Waals surface area contributed by atoms with Crippen molar-refractivity contribution in [3.8, 4) is 11.5 Å². The Kier molecular flexibility index (Phi) is 7.40. The van der Waals surface area contributed by atoms with E-state index in [2.05, 4.69) is 10.0 Å². The molecule has 33 heavy (non-hydrogen) atoms. The van der Waals surface area contributed by atoms with Crippen LogP contribution in [-0.2, 0) is 14.8 Å². The van der Waals surface area contributed by atoms with Gasteiger partial charge in [-0.25, -0.2) is 8.42 Å². The molecule has 0 fully saturated rings. The first-order chi connectivity index (χ1) is 15.7. The molecule has 8 heteroatoms. The Hall–Kier alpha value is -3.78. The lowest BCUT2D eigenvalue weighted by atomic mass is 10.1. The van der Waals surface area contributed by atoms with Crippen molar-refractivity contribution in [2.75, 3.05) is 24.3 Å². The van der Waals surface area contributed by atoms with Gasteiger partial charge in [-0.05, 0) is 73.0 Å². The fraction of sp³-hybridized carbons (Fsp3) is 0.160. The fourth-order valence-electron chi connectivity index (χ4n) is 3.20. The predicted molar refractivity (Wildman–Crippen MR) is 130 cm³/mol. The summed E-state index contributed by atoms with van der Waals surface area (Å²) in [6.07, 6.45) is 3.03. The maximum absolute atomic E-state index is 12.8. The van der Waals surface area contributed by atoms with E-state index in [1.165, 1.54) is 18.2 Å². The number of carbonyl (C=O) groups excluding carboxylic acids is 1. The number of carbonyl (C=O) groups is 1. The third-order valence-electron chi connectivity index (χ3n) is 4.98. The smallest absolute Gasteiger partial charge is 0.261 e. The molecule has 0 radical (unpaired) electrons. The van der Waals surface area contributed by atoms with Crippen molar-refractivity contribution in [2.24, 2.45) is 0 Å². The first kappa shape index (κ1) is 23.9. The van der Waals surface area contributed by atoms with Crippen molar-refractivity contribution in [3.05, 3.63) is 83.4 Å². The second kappa shape index (κ2) is 10.2. The van der Waals surface area contributed by atoms with Crippen molar-refractivity contribution >= 4 is 33.4 Å². The maximum Gasteiger partial charge on any atom is 0.261 e. The van der Waals surface area contributed by atoms with Crippen LogP contribution in [-0.4, -0.2) is 28.5 Å². The van der Waals surface area contributed by atoms with Crippen LogP contribution >= 0.6 is 0 Å². The monoisotopic (exact) mass is 466 g/mol. The maximum atomic E-state index is 12.8. The highest BCUT2D eigenvalue weighted by atomic mass is 32.2. The summed E-state index contributed by atoms with van der Waals surface area (Å²) in [5.74, 6) is 0.807. The number of rotatable bonds is 8. The molecule has 0 saturated heterocycles. The van der Waals surface area contributed by atoms with E-state index in [1.807, 2.05) is 32.0 Å². The quantitative estimate of drug-likeness (QED) is 0.466. The minimum Gasteiger partial charge on any atom is -0.493 e. The van der Waals surface area contributed by atoms with E-state index in [0.29, 0.717) is 22.9 Å². The summed E-state index contributed by atoms with van der Waals surface area (Å²) in [5.41, 5.74) is 3.48. The van der Waals surface area contributed by atoms with Crippen LogP contribution in [0.15, 0.2) is 71.6 Å². The second-order valence-corrected chi connectivity index (χ2v) is 9.02. The van der Waals surface area contributed by atoms with Gasteiger partial charge in [-0.1, -0.05) is 24.3 Å². The van der Waals surface area contributed by atoms with Crippen LogP contribution in [0.1, 0.15) is 16.7 Å². The molecule has 1 amide bonds. The molecule has 3 aromatic carbocycles. The number of anilines is 2. The van der Waals surface area contributed by atoms with Crippen LogP contribution in [0, 0.1) is 13.8 Å². The number of hydrogen-bond acceptors (Lipinski definition) is 5. The Morgan fingerprint density at radius 3 is 2.12 bits per heavy atom. The Balaban J connectivity index is 1.67. The number of methoxy groups -OCH3 is 2. The standard InChI is InChI=1S/C25H26N2O5S/c1-17-6-5-7-18(2)25(17)27-33(29,30)21-12-10-20(11-13-21)26-24(28)15-9-19-8-14-22(31-3)23(16-19)32-4/h5-16,27H,1-4H3,(H,26,28)/b15-9+. The van der Waals surface area contributed by atoms with Gasteiger partial charge in [0.1, 0.15) is 0 Å². The zero-order valence-corrected chi connectivity index (χ0v) is 19.7. The van der Waals surface area contributed by atoms with Gasteiger partial charge >= 0.3 is 0 Å². The summed E-state index contributed by atoms with van der Waals surface area (Å²) in [6.45, 7) is 3.69. The van der Waals surface area contributed by atoms with Crippen molar-refractivity contribution in [2.45, 2.75) is 18.7 Å². The first-order valence-electron chi connectivity index (χ1n) is 10.1. The zero-order valence-electron chi connectivity index (χ0n) is 18.9. The number of para-hydroxylation sites is 1. The lowest BCUT2D eigenvalue weighted by molar-refractivity contribution is -0.111. The van der Waals surface area contributed by atoms with Gasteiger partial charge < -0.3 is 14.8 Å². The van der Waals surface area contributed by atoms with Crippen LogP contribution in [0.5, 0.6) is 11.5 Å². The summed E-state index contributed by atoms with van der Waals surface area (Å²) in [5, 5.41) is 2.71. The zero-order chi connectivity index (χ0) is 24.0. The Morgan fingerprint density at radius 1 is 0.879 bits per heavy atom. The first-order valence-corrected chi connectivity index (χ1v) is 11.6. The van der Waals surface area contributed by atoms with Crippen LogP contribution in [0.3, 0.4) is 0 Å². The summed E-state index contributed by atoms with van der Waals surface area (Å²) in [4.78, 5) is 12.4. The van der Waals surface area contributed by atoms with Gasteiger partial charge in [0.25, 0.3) is 10.0 Å². The Labute approximate surface area is 194 Å². The van der Waals surface area contributed by atoms with E-state index in [9.17, 15) is 13.2 Å². The molecule has 0 aromatic heterocycles. The lowest BCUT2D eigenvalue weighted by Crippen LogP contribution is -2.15. The second-order valence-electron chi connectivity index (χ2n) is 7.33. The summed E-state index contributed by atoms with van der Waals surface area (Å²) in [7, 11) is -0.667. The molecule has 3 aromatic rings. The summed E-state index contributed by atoms with van der Waals surface area (Å²) < 4.78 is 38.6. The average Bonchev–Trinajstić information content (AvgIpc) is 2.80. The van der Waals surface area contributed by atoms with E-state index in [4.69, 9.17) is 9.47 Å². The molecule has 0 atom stereocenters. The molecular formula is C25H26N2O5S. The largest absolute Gasteiger partial charge is 0.493 e. The van der Waals surface area contributed by atoms with E-state index < -0.39 is 10.0 Å². The highest BCUT2D eigenvalue weighted by Crippen LogP contribution is 2.28. The number of sulfonamides is 1. The number of nitrogens with one attached hydrogen (secondary N) is 2. The molecule has 0 spiro atoms. The van der Waals surface area contributed by atoms with Gasteiger partial charge in [0.15, 0.2) is 11.5 Å². The normalized spacial score (nSPS) is 11.3. The minimum atomic E-state index is -3.76. The molecule has 172 valence electrons. The third-order valence-corrected chi connectivity index (χ3v) is 6.35. The molecule has 2 N–H and O–H groups in total. The fourth-order valence-corrected chi connectivity index (χ4v) is 4.40. The van der Waals surface area contributed by atoms with E-state index in [0.717, 1.165) is 16.7 Å². The summed E-state index contributed by atoms with van der Waals surface area (Å²) >= 11 is 0. The van der Waals surface area contributed by atoms with Gasteiger partial charge in [0.05, 0.1) is 24.8 Å². The van der Waals surface area contributed by atoms with E-state index in [1.54, 1.807) is 50.6 Å². The molecule has 0 aliphatic heterocycles. The number of hydrogen-bond donors (Lipinski definition) is 2. The Bertz CT molecular complexity index is 1260. The van der Waals surface area contributed by atoms with Crippen LogP contribution in [0.4, 0.5) is 11.4 Å². The highest BCUT2D eigenvalue weighted by molar-refractivity contribution is 7.92. The topological polar surface area (TPSA) is 93.7 Å². The molecule has 7 nitrogen and oxygen atoms in total. The molecule has 0 heterocycles. The predicted octanol–water partition coefficient (Wildman–Crippen LogP) is 4.77. The lowest BCUT2D eigenvalue weighted by Gasteiger charge is -2.13. The van der Waals surface area contributed by atoms with Crippen molar-refractivity contribution < 1.29 is 22.7 Å². The van der Waals surface area contributed by atoms with E-state index >= 15 is 0 Å². The van der Waals surface area contributed by atoms with Crippen LogP contribution in [0.2, 0.25) is 0 Å². The molecule has 0 aliphatic rings. The van der Waals surface area contributed by atoms with Gasteiger partial charge in [-0.3, -0.25) is 9.52 Å². The van der Waals surface area contributed by atoms with Crippen molar-refractivity contribution in [1.29, 1.82) is 0 Å². The molecule has 3 rings (SSSR count).